The van der Waals surface area contributed by atoms with Crippen molar-refractivity contribution < 1.29 is 12.8 Å². The van der Waals surface area contributed by atoms with Crippen LogP contribution in [0.5, 0.6) is 0 Å². The van der Waals surface area contributed by atoms with Crippen LogP contribution in [0.15, 0.2) is 23.4 Å². The maximum Gasteiger partial charge on any atom is 0.242 e. The average molecular weight is 287 g/mol. The van der Waals surface area contributed by atoms with Crippen molar-refractivity contribution in [3.8, 4) is 0 Å². The second kappa shape index (κ2) is 5.94. The fourth-order valence-corrected chi connectivity index (χ4v) is 3.40. The van der Waals surface area contributed by atoms with E-state index in [4.69, 9.17) is 5.73 Å². The summed E-state index contributed by atoms with van der Waals surface area (Å²) in [5, 5.41) is 0. The second-order valence-electron chi connectivity index (χ2n) is 4.90. The molecule has 0 spiro atoms. The van der Waals surface area contributed by atoms with E-state index in [1.165, 1.54) is 0 Å². The van der Waals surface area contributed by atoms with Gasteiger partial charge in [-0.3, -0.25) is 4.98 Å². The van der Waals surface area contributed by atoms with Crippen molar-refractivity contribution in [1.29, 1.82) is 0 Å². The number of nitrogens with one attached hydrogen (secondary N) is 1. The number of sulfonamides is 1. The molecule has 1 saturated carbocycles. The van der Waals surface area contributed by atoms with Gasteiger partial charge >= 0.3 is 0 Å². The molecule has 7 heteroatoms. The Hall–Kier alpha value is -1.05. The lowest BCUT2D eigenvalue weighted by Gasteiger charge is -2.28. The predicted octanol–water partition coefficient (Wildman–Crippen LogP) is 1.02. The molecule has 0 aromatic carbocycles. The van der Waals surface area contributed by atoms with Crippen LogP contribution in [-0.4, -0.2) is 26.0 Å². The fraction of sp³-hybridized carbons (Fsp3) is 0.583. The molecule has 1 aliphatic carbocycles. The van der Waals surface area contributed by atoms with Gasteiger partial charge in [0.25, 0.3) is 0 Å². The SMILES string of the molecule is NC1CCCCC1CNS(=O)(=O)c1cncc(F)c1. The third-order valence-electron chi connectivity index (χ3n) is 3.49. The molecule has 1 fully saturated rings. The monoisotopic (exact) mass is 287 g/mol. The molecule has 106 valence electrons. The summed E-state index contributed by atoms with van der Waals surface area (Å²) in [6, 6.07) is 0.984. The predicted molar refractivity (Wildman–Crippen MR) is 69.3 cm³/mol. The molecule has 0 radical (unpaired) electrons. The molecule has 0 saturated heterocycles. The largest absolute Gasteiger partial charge is 0.327 e. The molecule has 1 heterocycles. The zero-order chi connectivity index (χ0) is 13.9. The van der Waals surface area contributed by atoms with Crippen LogP contribution in [0.3, 0.4) is 0 Å². The molecular formula is C12H18FN3O2S. The van der Waals surface area contributed by atoms with E-state index >= 15 is 0 Å². The first-order valence-electron chi connectivity index (χ1n) is 6.35. The third kappa shape index (κ3) is 3.71. The number of rotatable bonds is 4. The summed E-state index contributed by atoms with van der Waals surface area (Å²) in [4.78, 5) is 3.39. The van der Waals surface area contributed by atoms with Crippen molar-refractivity contribution in [2.75, 3.05) is 6.54 Å². The van der Waals surface area contributed by atoms with E-state index in [0.29, 0.717) is 6.54 Å². The van der Waals surface area contributed by atoms with Crippen LogP contribution >= 0.6 is 0 Å². The topological polar surface area (TPSA) is 85.1 Å². The summed E-state index contributed by atoms with van der Waals surface area (Å²) in [7, 11) is -3.71. The van der Waals surface area contributed by atoms with E-state index < -0.39 is 15.8 Å². The van der Waals surface area contributed by atoms with E-state index in [1.54, 1.807) is 0 Å². The molecule has 5 nitrogen and oxygen atoms in total. The number of hydrogen-bond acceptors (Lipinski definition) is 4. The molecule has 0 bridgehead atoms. The fourth-order valence-electron chi connectivity index (χ4n) is 2.33. The van der Waals surface area contributed by atoms with Crippen LogP contribution in [0, 0.1) is 11.7 Å². The lowest BCUT2D eigenvalue weighted by Crippen LogP contribution is -2.41. The van der Waals surface area contributed by atoms with Crippen LogP contribution in [0.2, 0.25) is 0 Å². The van der Waals surface area contributed by atoms with Crippen molar-refractivity contribution in [1.82, 2.24) is 9.71 Å². The van der Waals surface area contributed by atoms with E-state index in [2.05, 4.69) is 9.71 Å². The zero-order valence-electron chi connectivity index (χ0n) is 10.5. The van der Waals surface area contributed by atoms with Gasteiger partial charge in [-0.05, 0) is 24.8 Å². The number of nitrogens with zero attached hydrogens (tertiary/aromatic N) is 1. The highest BCUT2D eigenvalue weighted by Gasteiger charge is 2.24. The van der Waals surface area contributed by atoms with Gasteiger partial charge in [0, 0.05) is 18.8 Å². The lowest BCUT2D eigenvalue weighted by atomic mass is 9.85. The van der Waals surface area contributed by atoms with Crippen LogP contribution in [0.4, 0.5) is 4.39 Å². The van der Waals surface area contributed by atoms with Gasteiger partial charge in [-0.15, -0.1) is 0 Å². The van der Waals surface area contributed by atoms with Gasteiger partial charge in [-0.2, -0.15) is 0 Å². The number of pyridine rings is 1. The minimum Gasteiger partial charge on any atom is -0.327 e. The van der Waals surface area contributed by atoms with Crippen molar-refractivity contribution in [3.63, 3.8) is 0 Å². The molecule has 2 unspecified atom stereocenters. The second-order valence-corrected chi connectivity index (χ2v) is 6.67. The molecular weight excluding hydrogens is 269 g/mol. The van der Waals surface area contributed by atoms with Gasteiger partial charge in [0.2, 0.25) is 10.0 Å². The molecule has 0 amide bonds. The number of hydrogen-bond donors (Lipinski definition) is 2. The molecule has 19 heavy (non-hydrogen) atoms. The van der Waals surface area contributed by atoms with E-state index in [1.807, 2.05) is 0 Å². The third-order valence-corrected chi connectivity index (χ3v) is 4.88. The highest BCUT2D eigenvalue weighted by molar-refractivity contribution is 7.89. The standard InChI is InChI=1S/C12H18FN3O2S/c13-10-5-11(8-15-7-10)19(17,18)16-6-9-3-1-2-4-12(9)14/h5,7-9,12,16H,1-4,6,14H2. The highest BCUT2D eigenvalue weighted by Crippen LogP contribution is 2.22. The van der Waals surface area contributed by atoms with Gasteiger partial charge < -0.3 is 5.73 Å². The number of aromatic nitrogens is 1. The van der Waals surface area contributed by atoms with Crippen molar-refractivity contribution >= 4 is 10.0 Å². The smallest absolute Gasteiger partial charge is 0.242 e. The molecule has 1 aromatic rings. The van der Waals surface area contributed by atoms with Crippen molar-refractivity contribution in [3.05, 3.63) is 24.3 Å². The van der Waals surface area contributed by atoms with Gasteiger partial charge in [-0.1, -0.05) is 12.8 Å². The highest BCUT2D eigenvalue weighted by atomic mass is 32.2. The summed E-state index contributed by atoms with van der Waals surface area (Å²) < 4.78 is 39.4. The van der Waals surface area contributed by atoms with E-state index in [-0.39, 0.29) is 16.9 Å². The van der Waals surface area contributed by atoms with Gasteiger partial charge in [0.15, 0.2) is 0 Å². The Morgan fingerprint density at radius 1 is 1.37 bits per heavy atom. The molecule has 1 aliphatic rings. The first kappa shape index (κ1) is 14.4. The van der Waals surface area contributed by atoms with Gasteiger partial charge in [-0.25, -0.2) is 17.5 Å². The number of halogens is 1. The van der Waals surface area contributed by atoms with Crippen LogP contribution < -0.4 is 10.5 Å². The van der Waals surface area contributed by atoms with Crippen LogP contribution in [0.1, 0.15) is 25.7 Å². The quantitative estimate of drug-likeness (QED) is 0.865. The van der Waals surface area contributed by atoms with Crippen LogP contribution in [0.25, 0.3) is 0 Å². The molecule has 0 aliphatic heterocycles. The Labute approximate surface area is 112 Å². The van der Waals surface area contributed by atoms with E-state index in [0.717, 1.165) is 44.1 Å². The van der Waals surface area contributed by atoms with Crippen molar-refractivity contribution in [2.24, 2.45) is 11.7 Å². The Bertz CT molecular complexity index is 536. The maximum atomic E-state index is 13.0. The summed E-state index contributed by atoms with van der Waals surface area (Å²) in [5.41, 5.74) is 5.96. The summed E-state index contributed by atoms with van der Waals surface area (Å²) in [6.07, 6.45) is 6.11. The summed E-state index contributed by atoms with van der Waals surface area (Å²) >= 11 is 0. The normalized spacial score (nSPS) is 24.3. The Morgan fingerprint density at radius 3 is 2.79 bits per heavy atom. The van der Waals surface area contributed by atoms with Crippen LogP contribution in [-0.2, 0) is 10.0 Å². The summed E-state index contributed by atoms with van der Waals surface area (Å²) in [5.74, 6) is -0.526. The van der Waals surface area contributed by atoms with Gasteiger partial charge in [0.1, 0.15) is 10.7 Å². The summed E-state index contributed by atoms with van der Waals surface area (Å²) in [6.45, 7) is 0.292. The lowest BCUT2D eigenvalue weighted by molar-refractivity contribution is 0.308. The van der Waals surface area contributed by atoms with Crippen molar-refractivity contribution in [2.45, 2.75) is 36.6 Å². The first-order valence-corrected chi connectivity index (χ1v) is 7.83. The zero-order valence-corrected chi connectivity index (χ0v) is 11.4. The molecule has 3 N–H and O–H groups in total. The minimum atomic E-state index is -3.71. The molecule has 2 atom stereocenters. The first-order chi connectivity index (χ1) is 8.99. The Kier molecular flexibility index (Phi) is 4.49. The maximum absolute atomic E-state index is 13.0. The number of nitrogens with two attached hydrogens (primary N) is 1. The van der Waals surface area contributed by atoms with E-state index in [9.17, 15) is 12.8 Å². The average Bonchev–Trinajstić information content (AvgIpc) is 2.38. The Morgan fingerprint density at radius 2 is 2.11 bits per heavy atom. The molecule has 2 rings (SSSR count). The molecule has 1 aromatic heterocycles. The Balaban J connectivity index is 2.01. The van der Waals surface area contributed by atoms with Gasteiger partial charge in [0.05, 0.1) is 6.20 Å². The minimum absolute atomic E-state index is 0.0297.